The minimum Gasteiger partial charge on any atom is -0.385 e. The number of methoxy groups -OCH3 is 1. The summed E-state index contributed by atoms with van der Waals surface area (Å²) in [4.78, 5) is 0. The van der Waals surface area contributed by atoms with E-state index in [4.69, 9.17) is 27.9 Å². The summed E-state index contributed by atoms with van der Waals surface area (Å²) < 4.78 is 5.11. The van der Waals surface area contributed by atoms with Crippen LogP contribution in [-0.4, -0.2) is 20.8 Å². The molecule has 0 saturated carbocycles. The second-order valence-electron chi connectivity index (χ2n) is 4.19. The maximum absolute atomic E-state index is 6.23. The van der Waals surface area contributed by atoms with Crippen LogP contribution in [0, 0.1) is 5.92 Å². The lowest BCUT2D eigenvalue weighted by Crippen LogP contribution is -2.24. The van der Waals surface area contributed by atoms with E-state index in [1.54, 1.807) is 13.2 Å². The maximum atomic E-state index is 6.23. The average Bonchev–Trinajstić information content (AvgIpc) is 2.30. The van der Waals surface area contributed by atoms with Crippen molar-refractivity contribution in [2.24, 2.45) is 5.92 Å². The summed E-state index contributed by atoms with van der Waals surface area (Å²) in [6.07, 6.45) is 0.987. The molecule has 1 N–H and O–H groups in total. The molecule has 0 spiro atoms. The van der Waals surface area contributed by atoms with E-state index < -0.39 is 0 Å². The molecule has 0 amide bonds. The van der Waals surface area contributed by atoms with Crippen molar-refractivity contribution in [3.63, 3.8) is 0 Å². The molecule has 0 saturated heterocycles. The third kappa shape index (κ3) is 4.14. The van der Waals surface area contributed by atoms with Gasteiger partial charge in [-0.2, -0.15) is 0 Å². The second-order valence-corrected chi connectivity index (χ2v) is 5.03. The van der Waals surface area contributed by atoms with Crippen LogP contribution < -0.4 is 5.32 Å². The summed E-state index contributed by atoms with van der Waals surface area (Å²) in [6, 6.07) is 5.85. The van der Waals surface area contributed by atoms with Crippen molar-refractivity contribution in [3.8, 4) is 0 Å². The Morgan fingerprint density at radius 1 is 1.35 bits per heavy atom. The Kier molecular flexibility index (Phi) is 6.28. The van der Waals surface area contributed by atoms with Gasteiger partial charge in [-0.3, -0.25) is 0 Å². The molecule has 4 heteroatoms. The number of ether oxygens (including phenoxy) is 1. The van der Waals surface area contributed by atoms with Crippen molar-refractivity contribution < 1.29 is 4.74 Å². The number of nitrogens with one attached hydrogen (secondary N) is 1. The Morgan fingerprint density at radius 2 is 2.06 bits per heavy atom. The molecule has 0 fully saturated rings. The van der Waals surface area contributed by atoms with Gasteiger partial charge in [0.25, 0.3) is 0 Å². The first kappa shape index (κ1) is 14.8. The predicted molar refractivity (Wildman–Crippen MR) is 73.9 cm³/mol. The van der Waals surface area contributed by atoms with Gasteiger partial charge in [0.05, 0.1) is 0 Å². The Labute approximate surface area is 113 Å². The lowest BCUT2D eigenvalue weighted by atomic mass is 9.92. The van der Waals surface area contributed by atoms with Crippen LogP contribution in [0.3, 0.4) is 0 Å². The molecular weight excluding hydrogens is 257 g/mol. The summed E-state index contributed by atoms with van der Waals surface area (Å²) in [5.74, 6) is 0.443. The van der Waals surface area contributed by atoms with Gasteiger partial charge in [0.1, 0.15) is 0 Å². The maximum Gasteiger partial charge on any atom is 0.0468 e. The number of halogens is 2. The fourth-order valence-electron chi connectivity index (χ4n) is 1.97. The van der Waals surface area contributed by atoms with Crippen LogP contribution in [0.5, 0.6) is 0 Å². The van der Waals surface area contributed by atoms with E-state index in [1.165, 1.54) is 0 Å². The predicted octanol–water partition coefficient (Wildman–Crippen LogP) is 3.93. The third-order valence-corrected chi connectivity index (χ3v) is 3.52. The highest BCUT2D eigenvalue weighted by Gasteiger charge is 2.19. The van der Waals surface area contributed by atoms with Crippen LogP contribution in [0.15, 0.2) is 18.2 Å². The van der Waals surface area contributed by atoms with E-state index in [0.29, 0.717) is 16.0 Å². The van der Waals surface area contributed by atoms with Crippen molar-refractivity contribution in [2.45, 2.75) is 19.4 Å². The zero-order valence-electron chi connectivity index (χ0n) is 10.5. The molecule has 0 aliphatic carbocycles. The topological polar surface area (TPSA) is 21.3 Å². The monoisotopic (exact) mass is 275 g/mol. The van der Waals surface area contributed by atoms with Crippen molar-refractivity contribution in [1.29, 1.82) is 0 Å². The molecule has 2 atom stereocenters. The van der Waals surface area contributed by atoms with Crippen molar-refractivity contribution in [2.75, 3.05) is 20.8 Å². The van der Waals surface area contributed by atoms with Gasteiger partial charge < -0.3 is 10.1 Å². The molecule has 0 heterocycles. The van der Waals surface area contributed by atoms with Gasteiger partial charge in [-0.25, -0.2) is 0 Å². The van der Waals surface area contributed by atoms with Crippen LogP contribution >= 0.6 is 23.2 Å². The quantitative estimate of drug-likeness (QED) is 0.850. The minimum absolute atomic E-state index is 0.218. The van der Waals surface area contributed by atoms with Gasteiger partial charge in [-0.05, 0) is 37.1 Å². The van der Waals surface area contributed by atoms with Gasteiger partial charge in [0.15, 0.2) is 0 Å². The average molecular weight is 276 g/mol. The molecule has 0 aliphatic heterocycles. The number of hydrogen-bond donors (Lipinski definition) is 1. The Bertz CT molecular complexity index is 357. The zero-order chi connectivity index (χ0) is 12.8. The van der Waals surface area contributed by atoms with Crippen molar-refractivity contribution >= 4 is 23.2 Å². The number of rotatable bonds is 6. The molecule has 0 bridgehead atoms. The normalized spacial score (nSPS) is 14.6. The van der Waals surface area contributed by atoms with Gasteiger partial charge >= 0.3 is 0 Å². The van der Waals surface area contributed by atoms with E-state index in [2.05, 4.69) is 12.2 Å². The summed E-state index contributed by atoms with van der Waals surface area (Å²) in [7, 11) is 3.66. The summed E-state index contributed by atoms with van der Waals surface area (Å²) in [5, 5.41) is 4.68. The Balaban J connectivity index is 2.85. The largest absolute Gasteiger partial charge is 0.385 e. The first-order valence-electron chi connectivity index (χ1n) is 5.71. The molecule has 17 heavy (non-hydrogen) atoms. The van der Waals surface area contributed by atoms with Crippen LogP contribution in [0.4, 0.5) is 0 Å². The molecule has 0 aromatic heterocycles. The summed E-state index contributed by atoms with van der Waals surface area (Å²) >= 11 is 12.1. The Morgan fingerprint density at radius 3 is 2.59 bits per heavy atom. The standard InChI is InChI=1S/C13H19Cl2NO/c1-9(6-7-17-3)13(16-2)11-5-4-10(14)8-12(11)15/h4-5,8-9,13,16H,6-7H2,1-3H3. The highest BCUT2D eigenvalue weighted by Crippen LogP contribution is 2.31. The smallest absolute Gasteiger partial charge is 0.0468 e. The van der Waals surface area contributed by atoms with Crippen molar-refractivity contribution in [1.82, 2.24) is 5.32 Å². The molecule has 1 aromatic carbocycles. The molecule has 1 aromatic rings. The second kappa shape index (κ2) is 7.22. The molecule has 2 unspecified atom stereocenters. The van der Waals surface area contributed by atoms with E-state index in [-0.39, 0.29) is 6.04 Å². The molecule has 0 radical (unpaired) electrons. The van der Waals surface area contributed by atoms with Crippen molar-refractivity contribution in [3.05, 3.63) is 33.8 Å². The van der Waals surface area contributed by atoms with Crippen LogP contribution in [0.1, 0.15) is 24.9 Å². The third-order valence-electron chi connectivity index (χ3n) is 2.95. The Hall–Kier alpha value is -0.280. The molecule has 0 aliphatic rings. The van der Waals surface area contributed by atoms with E-state index in [0.717, 1.165) is 18.6 Å². The van der Waals surface area contributed by atoms with Crippen LogP contribution in [0.25, 0.3) is 0 Å². The molecule has 96 valence electrons. The summed E-state index contributed by atoms with van der Waals surface area (Å²) in [6.45, 7) is 2.94. The van der Waals surface area contributed by atoms with Crippen LogP contribution in [-0.2, 0) is 4.74 Å². The van der Waals surface area contributed by atoms with Gasteiger partial charge in [0.2, 0.25) is 0 Å². The highest BCUT2D eigenvalue weighted by atomic mass is 35.5. The fourth-order valence-corrected chi connectivity index (χ4v) is 2.50. The van der Waals surface area contributed by atoms with E-state index in [9.17, 15) is 0 Å². The SMILES string of the molecule is CNC(c1ccc(Cl)cc1Cl)C(C)CCOC. The fraction of sp³-hybridized carbons (Fsp3) is 0.538. The first-order chi connectivity index (χ1) is 8.10. The molecular formula is C13H19Cl2NO. The van der Waals surface area contributed by atoms with Gasteiger partial charge in [-0.1, -0.05) is 36.2 Å². The number of hydrogen-bond acceptors (Lipinski definition) is 2. The zero-order valence-corrected chi connectivity index (χ0v) is 12.0. The lowest BCUT2D eigenvalue weighted by molar-refractivity contribution is 0.171. The van der Waals surface area contributed by atoms with Gasteiger partial charge in [-0.15, -0.1) is 0 Å². The minimum atomic E-state index is 0.218. The molecule has 1 rings (SSSR count). The van der Waals surface area contributed by atoms with Crippen LogP contribution in [0.2, 0.25) is 10.0 Å². The molecule has 2 nitrogen and oxygen atoms in total. The van der Waals surface area contributed by atoms with E-state index >= 15 is 0 Å². The van der Waals surface area contributed by atoms with Gasteiger partial charge in [0, 0.05) is 29.8 Å². The van der Waals surface area contributed by atoms with E-state index in [1.807, 2.05) is 19.2 Å². The number of benzene rings is 1. The lowest BCUT2D eigenvalue weighted by Gasteiger charge is -2.24. The highest BCUT2D eigenvalue weighted by molar-refractivity contribution is 6.35. The summed E-state index contributed by atoms with van der Waals surface area (Å²) in [5.41, 5.74) is 1.09. The first-order valence-corrected chi connectivity index (χ1v) is 6.47.